The van der Waals surface area contributed by atoms with Crippen LogP contribution in [0.15, 0.2) is 122 Å². The summed E-state index contributed by atoms with van der Waals surface area (Å²) in [6.45, 7) is 7.33. The van der Waals surface area contributed by atoms with Crippen LogP contribution in [-0.2, 0) is 30.1 Å². The minimum atomic E-state index is -0.867. The van der Waals surface area contributed by atoms with E-state index in [-0.39, 0.29) is 19.0 Å². The van der Waals surface area contributed by atoms with E-state index >= 15 is 0 Å². The fraction of sp³-hybridized carbons (Fsp3) is 0.167. The quantitative estimate of drug-likeness (QED) is 0.163. The molecule has 0 atom stereocenters. The zero-order chi connectivity index (χ0) is 27.7. The molecule has 0 amide bonds. The first-order chi connectivity index (χ1) is 19.5. The van der Waals surface area contributed by atoms with Crippen LogP contribution in [0.4, 0.5) is 0 Å². The fourth-order valence-corrected chi connectivity index (χ4v) is 6.59. The lowest BCUT2D eigenvalue weighted by molar-refractivity contribution is -0.139. The van der Waals surface area contributed by atoms with Crippen molar-refractivity contribution in [3.8, 4) is 22.3 Å². The second kappa shape index (κ2) is 10.2. The molecule has 40 heavy (non-hydrogen) atoms. The average Bonchev–Trinajstić information content (AvgIpc) is 3.46. The molecule has 0 fully saturated rings. The van der Waals surface area contributed by atoms with E-state index in [2.05, 4.69) is 61.7 Å². The van der Waals surface area contributed by atoms with Gasteiger partial charge in [-0.05, 0) is 63.4 Å². The van der Waals surface area contributed by atoms with Crippen LogP contribution >= 0.6 is 0 Å². The first-order valence-corrected chi connectivity index (χ1v) is 13.5. The van der Waals surface area contributed by atoms with Gasteiger partial charge in [-0.15, -0.1) is 0 Å². The largest absolute Gasteiger partial charge is 0.461 e. The molecule has 0 bridgehead atoms. The third-order valence-electron chi connectivity index (χ3n) is 8.41. The zero-order valence-corrected chi connectivity index (χ0v) is 22.3. The van der Waals surface area contributed by atoms with E-state index in [0.717, 1.165) is 44.5 Å². The molecule has 4 aromatic rings. The van der Waals surface area contributed by atoms with Gasteiger partial charge in [0, 0.05) is 6.08 Å². The SMILES string of the molecule is C=CC(=O)COC1(CCC2(COC(=O)C=C)c3ccccc3-c3ccccc32)c2ccccc2-c2ccccc21. The Bertz CT molecular complexity index is 1430. The summed E-state index contributed by atoms with van der Waals surface area (Å²) in [6.07, 6.45) is 3.67. The van der Waals surface area contributed by atoms with Gasteiger partial charge in [0.15, 0.2) is 5.78 Å². The predicted molar refractivity (Wildman–Crippen MR) is 157 cm³/mol. The van der Waals surface area contributed by atoms with Crippen molar-refractivity contribution in [1.82, 2.24) is 0 Å². The van der Waals surface area contributed by atoms with Crippen LogP contribution in [0.1, 0.15) is 35.1 Å². The highest BCUT2D eigenvalue weighted by atomic mass is 16.5. The number of benzene rings is 4. The van der Waals surface area contributed by atoms with Crippen LogP contribution in [0.5, 0.6) is 0 Å². The topological polar surface area (TPSA) is 52.6 Å². The van der Waals surface area contributed by atoms with Gasteiger partial charge in [0.2, 0.25) is 0 Å². The average molecular weight is 527 g/mol. The van der Waals surface area contributed by atoms with E-state index in [4.69, 9.17) is 9.47 Å². The second-order valence-electron chi connectivity index (χ2n) is 10.4. The Balaban J connectivity index is 1.51. The summed E-state index contributed by atoms with van der Waals surface area (Å²) < 4.78 is 12.5. The molecule has 0 heterocycles. The molecule has 0 radical (unpaired) electrons. The minimum Gasteiger partial charge on any atom is -0.461 e. The number of carbonyl (C=O) groups excluding carboxylic acids is 2. The number of rotatable bonds is 10. The predicted octanol–water partition coefficient (Wildman–Crippen LogP) is 7.16. The van der Waals surface area contributed by atoms with Crippen LogP contribution < -0.4 is 0 Å². The summed E-state index contributed by atoms with van der Waals surface area (Å²) in [6, 6.07) is 33.1. The Morgan fingerprint density at radius 2 is 1.07 bits per heavy atom. The molecular formula is C36H30O4. The first-order valence-electron chi connectivity index (χ1n) is 13.5. The normalized spacial score (nSPS) is 14.8. The molecule has 4 nitrogen and oxygen atoms in total. The van der Waals surface area contributed by atoms with Gasteiger partial charge in [-0.2, -0.15) is 0 Å². The molecular weight excluding hydrogens is 496 g/mol. The van der Waals surface area contributed by atoms with Crippen molar-refractivity contribution in [1.29, 1.82) is 0 Å². The lowest BCUT2D eigenvalue weighted by Gasteiger charge is -2.38. The van der Waals surface area contributed by atoms with Crippen LogP contribution in [-0.4, -0.2) is 25.0 Å². The molecule has 0 saturated carbocycles. The highest BCUT2D eigenvalue weighted by Gasteiger charge is 2.49. The number of esters is 1. The maximum absolute atomic E-state index is 12.5. The molecule has 0 N–H and O–H groups in total. The van der Waals surface area contributed by atoms with Gasteiger partial charge >= 0.3 is 5.97 Å². The minimum absolute atomic E-state index is 0.0855. The fourth-order valence-electron chi connectivity index (χ4n) is 6.59. The Morgan fingerprint density at radius 1 is 0.625 bits per heavy atom. The number of ketones is 1. The van der Waals surface area contributed by atoms with E-state index in [0.29, 0.717) is 12.8 Å². The molecule has 0 spiro atoms. The molecule has 0 unspecified atom stereocenters. The molecule has 6 rings (SSSR count). The van der Waals surface area contributed by atoms with Gasteiger partial charge in [0.05, 0.1) is 5.41 Å². The van der Waals surface area contributed by atoms with Gasteiger partial charge in [-0.1, -0.05) is 110 Å². The summed E-state index contributed by atoms with van der Waals surface area (Å²) >= 11 is 0. The lowest BCUT2D eigenvalue weighted by atomic mass is 9.71. The Hall–Kier alpha value is -4.54. The number of carbonyl (C=O) groups is 2. The van der Waals surface area contributed by atoms with Crippen molar-refractivity contribution in [2.45, 2.75) is 23.9 Å². The standard InChI is InChI=1S/C36H30O4/c1-3-25(37)23-40-36(32-19-11-7-15-28(32)29-16-8-12-20-33(29)36)22-21-35(24-39-34(38)4-2)30-17-9-5-13-26(30)27-14-6-10-18-31(27)35/h3-20H,1-2,21-24H2. The van der Waals surface area contributed by atoms with Gasteiger partial charge in [0.1, 0.15) is 18.8 Å². The third-order valence-corrected chi connectivity index (χ3v) is 8.41. The van der Waals surface area contributed by atoms with Crippen LogP contribution in [0.2, 0.25) is 0 Å². The maximum atomic E-state index is 12.5. The van der Waals surface area contributed by atoms with Crippen molar-refractivity contribution in [3.05, 3.63) is 145 Å². The molecule has 4 heteroatoms. The molecule has 0 saturated heterocycles. The molecule has 4 aromatic carbocycles. The summed E-state index contributed by atoms with van der Waals surface area (Å²) in [5, 5.41) is 0. The highest BCUT2D eigenvalue weighted by Crippen LogP contribution is 2.57. The number of hydrogen-bond acceptors (Lipinski definition) is 4. The van der Waals surface area contributed by atoms with Crippen molar-refractivity contribution in [2.24, 2.45) is 0 Å². The van der Waals surface area contributed by atoms with Gasteiger partial charge in [-0.25, -0.2) is 4.79 Å². The van der Waals surface area contributed by atoms with Gasteiger partial charge < -0.3 is 9.47 Å². The third kappa shape index (κ3) is 3.95. The van der Waals surface area contributed by atoms with Crippen molar-refractivity contribution < 1.29 is 19.1 Å². The van der Waals surface area contributed by atoms with Crippen LogP contribution in [0.25, 0.3) is 22.3 Å². The van der Waals surface area contributed by atoms with Gasteiger partial charge in [0.25, 0.3) is 0 Å². The molecule has 0 aromatic heterocycles. The Morgan fingerprint density at radius 3 is 1.55 bits per heavy atom. The second-order valence-corrected chi connectivity index (χ2v) is 10.4. The molecule has 0 aliphatic heterocycles. The highest BCUT2D eigenvalue weighted by molar-refractivity contribution is 5.90. The summed E-state index contributed by atoms with van der Waals surface area (Å²) in [5.74, 6) is -0.632. The van der Waals surface area contributed by atoms with E-state index in [9.17, 15) is 9.59 Å². The van der Waals surface area contributed by atoms with Gasteiger partial charge in [-0.3, -0.25) is 4.79 Å². The number of hydrogen-bond donors (Lipinski definition) is 0. The van der Waals surface area contributed by atoms with E-state index in [1.807, 2.05) is 48.5 Å². The van der Waals surface area contributed by atoms with E-state index in [1.54, 1.807) is 0 Å². The summed E-state index contributed by atoms with van der Waals surface area (Å²) in [4.78, 5) is 24.9. The Labute approximate surface area is 234 Å². The van der Waals surface area contributed by atoms with Crippen molar-refractivity contribution >= 4 is 11.8 Å². The first kappa shape index (κ1) is 25.7. The van der Waals surface area contributed by atoms with Crippen LogP contribution in [0, 0.1) is 0 Å². The zero-order valence-electron chi connectivity index (χ0n) is 22.3. The smallest absolute Gasteiger partial charge is 0.330 e. The number of fused-ring (bicyclic) bond motifs is 6. The maximum Gasteiger partial charge on any atom is 0.330 e. The summed E-state index contributed by atoms with van der Waals surface area (Å²) in [5.41, 5.74) is 7.29. The molecule has 2 aliphatic rings. The van der Waals surface area contributed by atoms with Crippen molar-refractivity contribution in [2.75, 3.05) is 13.2 Å². The monoisotopic (exact) mass is 526 g/mol. The van der Waals surface area contributed by atoms with E-state index in [1.165, 1.54) is 12.2 Å². The van der Waals surface area contributed by atoms with Crippen molar-refractivity contribution in [3.63, 3.8) is 0 Å². The van der Waals surface area contributed by atoms with Crippen LogP contribution in [0.3, 0.4) is 0 Å². The Kier molecular flexibility index (Phi) is 6.57. The lowest BCUT2D eigenvalue weighted by Crippen LogP contribution is -2.38. The van der Waals surface area contributed by atoms with E-state index < -0.39 is 17.0 Å². The molecule has 198 valence electrons. The number of ether oxygens (including phenoxy) is 2. The molecule has 2 aliphatic carbocycles. The summed E-state index contributed by atoms with van der Waals surface area (Å²) in [7, 11) is 0.